The highest BCUT2D eigenvalue weighted by atomic mass is 16.5. The van der Waals surface area contributed by atoms with Crippen molar-refractivity contribution in [3.8, 4) is 11.5 Å². The molecule has 3 aromatic rings. The fourth-order valence-corrected chi connectivity index (χ4v) is 3.11. The van der Waals surface area contributed by atoms with Crippen molar-refractivity contribution < 1.29 is 9.47 Å². The third kappa shape index (κ3) is 5.34. The van der Waals surface area contributed by atoms with Crippen LogP contribution in [0.2, 0.25) is 0 Å². The Morgan fingerprint density at radius 1 is 0.926 bits per heavy atom. The molecule has 5 heteroatoms. The van der Waals surface area contributed by atoms with Gasteiger partial charge >= 0.3 is 0 Å². The van der Waals surface area contributed by atoms with Crippen LogP contribution in [0, 0.1) is 0 Å². The Bertz CT molecular complexity index is 824. The van der Waals surface area contributed by atoms with Gasteiger partial charge in [0.25, 0.3) is 0 Å². The van der Waals surface area contributed by atoms with Gasteiger partial charge < -0.3 is 14.0 Å². The van der Waals surface area contributed by atoms with E-state index in [2.05, 4.69) is 56.9 Å². The van der Waals surface area contributed by atoms with Gasteiger partial charge in [-0.05, 0) is 29.7 Å². The van der Waals surface area contributed by atoms with Crippen LogP contribution in [0.15, 0.2) is 60.9 Å². The lowest BCUT2D eigenvalue weighted by Crippen LogP contribution is -2.26. The first-order chi connectivity index (χ1) is 13.2. The van der Waals surface area contributed by atoms with Gasteiger partial charge in [-0.25, -0.2) is 4.98 Å². The second-order valence-electron chi connectivity index (χ2n) is 6.62. The number of hydrogen-bond donors (Lipinski definition) is 0. The molecule has 0 unspecified atom stereocenters. The van der Waals surface area contributed by atoms with Crippen molar-refractivity contribution in [3.05, 3.63) is 77.9 Å². The van der Waals surface area contributed by atoms with Gasteiger partial charge in [0.1, 0.15) is 17.3 Å². The van der Waals surface area contributed by atoms with E-state index in [0.717, 1.165) is 48.9 Å². The van der Waals surface area contributed by atoms with Gasteiger partial charge in [-0.1, -0.05) is 30.3 Å². The van der Waals surface area contributed by atoms with E-state index in [1.165, 1.54) is 5.56 Å². The zero-order valence-electron chi connectivity index (χ0n) is 16.3. The van der Waals surface area contributed by atoms with E-state index in [9.17, 15) is 0 Å². The van der Waals surface area contributed by atoms with Crippen LogP contribution in [0.25, 0.3) is 0 Å². The lowest BCUT2D eigenvalue weighted by Gasteiger charge is -2.23. The molecule has 0 aliphatic carbocycles. The van der Waals surface area contributed by atoms with Gasteiger partial charge in [0.15, 0.2) is 0 Å². The monoisotopic (exact) mass is 365 g/mol. The normalized spacial score (nSPS) is 11.0. The summed E-state index contributed by atoms with van der Waals surface area (Å²) in [5.41, 5.74) is 2.50. The van der Waals surface area contributed by atoms with E-state index < -0.39 is 0 Å². The maximum absolute atomic E-state index is 5.42. The van der Waals surface area contributed by atoms with Crippen molar-refractivity contribution in [2.75, 3.05) is 20.8 Å². The summed E-state index contributed by atoms with van der Waals surface area (Å²) >= 11 is 0. The molecule has 1 aromatic heterocycles. The highest BCUT2D eigenvalue weighted by Crippen LogP contribution is 2.24. The summed E-state index contributed by atoms with van der Waals surface area (Å²) in [6.45, 7) is 2.53. The molecule has 27 heavy (non-hydrogen) atoms. The van der Waals surface area contributed by atoms with Crippen LogP contribution >= 0.6 is 0 Å². The molecule has 0 bridgehead atoms. The molecule has 0 radical (unpaired) electrons. The van der Waals surface area contributed by atoms with E-state index in [1.807, 2.05) is 25.5 Å². The SMILES string of the molecule is COc1cc(CN(CCc2ccccc2)Cc2nccn2C)cc(OC)c1. The maximum Gasteiger partial charge on any atom is 0.122 e. The molecule has 0 amide bonds. The van der Waals surface area contributed by atoms with Gasteiger partial charge in [-0.3, -0.25) is 4.90 Å². The van der Waals surface area contributed by atoms with Crippen LogP contribution < -0.4 is 9.47 Å². The van der Waals surface area contributed by atoms with Gasteiger partial charge in [-0.2, -0.15) is 0 Å². The van der Waals surface area contributed by atoms with Crippen molar-refractivity contribution in [2.24, 2.45) is 7.05 Å². The minimum atomic E-state index is 0.788. The Labute approximate surface area is 161 Å². The first kappa shape index (κ1) is 19.0. The number of rotatable bonds is 9. The minimum absolute atomic E-state index is 0.788. The van der Waals surface area contributed by atoms with Gasteiger partial charge in [0.2, 0.25) is 0 Å². The molecule has 0 aliphatic rings. The molecule has 2 aromatic carbocycles. The van der Waals surface area contributed by atoms with Crippen LogP contribution in [-0.4, -0.2) is 35.2 Å². The second-order valence-corrected chi connectivity index (χ2v) is 6.62. The van der Waals surface area contributed by atoms with Crippen LogP contribution in [0.3, 0.4) is 0 Å². The number of nitrogens with zero attached hydrogens (tertiary/aromatic N) is 3. The summed E-state index contributed by atoms with van der Waals surface area (Å²) in [6.07, 6.45) is 4.82. The van der Waals surface area contributed by atoms with E-state index in [0.29, 0.717) is 0 Å². The zero-order chi connectivity index (χ0) is 19.1. The third-order valence-corrected chi connectivity index (χ3v) is 4.66. The molecule has 0 spiro atoms. The number of imidazole rings is 1. The Balaban J connectivity index is 1.77. The highest BCUT2D eigenvalue weighted by Gasteiger charge is 2.12. The third-order valence-electron chi connectivity index (χ3n) is 4.66. The Hall–Kier alpha value is -2.79. The number of ether oxygens (including phenoxy) is 2. The summed E-state index contributed by atoms with van der Waals surface area (Å²) in [5.74, 6) is 2.67. The van der Waals surface area contributed by atoms with E-state index in [-0.39, 0.29) is 0 Å². The molecule has 5 nitrogen and oxygen atoms in total. The molecule has 142 valence electrons. The number of hydrogen-bond acceptors (Lipinski definition) is 4. The van der Waals surface area contributed by atoms with Crippen LogP contribution in [0.1, 0.15) is 17.0 Å². The minimum Gasteiger partial charge on any atom is -0.497 e. The zero-order valence-corrected chi connectivity index (χ0v) is 16.3. The smallest absolute Gasteiger partial charge is 0.122 e. The first-order valence-corrected chi connectivity index (χ1v) is 9.12. The number of methoxy groups -OCH3 is 2. The van der Waals surface area contributed by atoms with E-state index in [1.54, 1.807) is 14.2 Å². The Morgan fingerprint density at radius 3 is 2.22 bits per heavy atom. The van der Waals surface area contributed by atoms with Crippen molar-refractivity contribution in [1.29, 1.82) is 0 Å². The molecule has 0 N–H and O–H groups in total. The van der Waals surface area contributed by atoms with Crippen molar-refractivity contribution in [2.45, 2.75) is 19.5 Å². The van der Waals surface area contributed by atoms with Crippen LogP contribution in [0.5, 0.6) is 11.5 Å². The summed E-state index contributed by atoms with van der Waals surface area (Å²) < 4.78 is 12.9. The lowest BCUT2D eigenvalue weighted by atomic mass is 10.1. The predicted octanol–water partition coefficient (Wildman–Crippen LogP) is 3.68. The maximum atomic E-state index is 5.42. The summed E-state index contributed by atoms with van der Waals surface area (Å²) in [6, 6.07) is 16.6. The average Bonchev–Trinajstić information content (AvgIpc) is 3.11. The lowest BCUT2D eigenvalue weighted by molar-refractivity contribution is 0.250. The van der Waals surface area contributed by atoms with Crippen molar-refractivity contribution in [3.63, 3.8) is 0 Å². The standard InChI is InChI=1S/C22H27N3O2/c1-24-12-10-23-22(24)17-25(11-9-18-7-5-4-6-8-18)16-19-13-20(26-2)15-21(14-19)27-3/h4-8,10,12-15H,9,11,16-17H2,1-3H3. The fraction of sp³-hybridized carbons (Fsp3) is 0.318. The Morgan fingerprint density at radius 2 is 1.63 bits per heavy atom. The van der Waals surface area contributed by atoms with Crippen LogP contribution in [0.4, 0.5) is 0 Å². The summed E-state index contributed by atoms with van der Waals surface area (Å²) in [4.78, 5) is 6.90. The van der Waals surface area contributed by atoms with E-state index >= 15 is 0 Å². The van der Waals surface area contributed by atoms with Gasteiger partial charge in [0, 0.05) is 38.6 Å². The summed E-state index contributed by atoms with van der Waals surface area (Å²) in [7, 11) is 5.39. The number of aryl methyl sites for hydroxylation is 1. The molecule has 1 heterocycles. The van der Waals surface area contributed by atoms with Crippen molar-refractivity contribution >= 4 is 0 Å². The van der Waals surface area contributed by atoms with Crippen molar-refractivity contribution in [1.82, 2.24) is 14.5 Å². The molecule has 0 fully saturated rings. The van der Waals surface area contributed by atoms with Gasteiger partial charge in [-0.15, -0.1) is 0 Å². The quantitative estimate of drug-likeness (QED) is 0.580. The second kappa shape index (κ2) is 9.24. The topological polar surface area (TPSA) is 39.5 Å². The predicted molar refractivity (Wildman–Crippen MR) is 107 cm³/mol. The van der Waals surface area contributed by atoms with Crippen LogP contribution in [-0.2, 0) is 26.6 Å². The first-order valence-electron chi connectivity index (χ1n) is 9.12. The largest absolute Gasteiger partial charge is 0.497 e. The summed E-state index contributed by atoms with van der Waals surface area (Å²) in [5, 5.41) is 0. The van der Waals surface area contributed by atoms with Gasteiger partial charge in [0.05, 0.1) is 20.8 Å². The molecular weight excluding hydrogens is 338 g/mol. The average molecular weight is 365 g/mol. The fourth-order valence-electron chi connectivity index (χ4n) is 3.11. The number of benzene rings is 2. The molecular formula is C22H27N3O2. The molecule has 0 saturated heterocycles. The highest BCUT2D eigenvalue weighted by molar-refractivity contribution is 5.38. The van der Waals surface area contributed by atoms with E-state index in [4.69, 9.17) is 9.47 Å². The Kier molecular flexibility index (Phi) is 6.49. The molecule has 3 rings (SSSR count). The molecule has 0 aliphatic heterocycles. The number of aromatic nitrogens is 2. The molecule has 0 atom stereocenters. The molecule has 0 saturated carbocycles.